The average Bonchev–Trinajstić information content (AvgIpc) is 2.22. The molecule has 120 valence electrons. The van der Waals surface area contributed by atoms with Crippen LogP contribution in [0.15, 0.2) is 0 Å². The molecule has 1 spiro atoms. The molecule has 5 heteroatoms. The smallest absolute Gasteiger partial charge is 0.410 e. The van der Waals surface area contributed by atoms with Gasteiger partial charge in [0.15, 0.2) is 0 Å². The summed E-state index contributed by atoms with van der Waals surface area (Å²) in [5, 5.41) is 0. The molecule has 1 unspecified atom stereocenters. The zero-order valence-electron chi connectivity index (χ0n) is 13.8. The van der Waals surface area contributed by atoms with Gasteiger partial charge in [-0.25, -0.2) is 4.79 Å². The molecule has 5 nitrogen and oxygen atoms in total. The maximum absolute atomic E-state index is 11.9. The Kier molecular flexibility index (Phi) is 4.22. The van der Waals surface area contributed by atoms with E-state index in [2.05, 4.69) is 0 Å². The van der Waals surface area contributed by atoms with Crippen LogP contribution in [-0.4, -0.2) is 42.3 Å². The predicted octanol–water partition coefficient (Wildman–Crippen LogP) is 2.83. The second kappa shape index (κ2) is 5.50. The molecule has 1 heterocycles. The molecule has 1 amide bonds. The molecular formula is C16H27NO4. The summed E-state index contributed by atoms with van der Waals surface area (Å²) >= 11 is 0. The van der Waals surface area contributed by atoms with Gasteiger partial charge >= 0.3 is 12.1 Å². The SMILES string of the molecule is CCOC(=O)C(C)C1CC2(C1)CN(C(=O)OC(C)(C)C)C2. The van der Waals surface area contributed by atoms with Gasteiger partial charge in [-0.1, -0.05) is 6.92 Å². The van der Waals surface area contributed by atoms with Crippen molar-refractivity contribution in [1.82, 2.24) is 4.90 Å². The number of carbonyl (C=O) groups excluding carboxylic acids is 2. The maximum atomic E-state index is 11.9. The van der Waals surface area contributed by atoms with Crippen LogP contribution in [0.25, 0.3) is 0 Å². The molecule has 2 fully saturated rings. The van der Waals surface area contributed by atoms with Crippen molar-refractivity contribution in [3.63, 3.8) is 0 Å². The van der Waals surface area contributed by atoms with Crippen molar-refractivity contribution in [2.75, 3.05) is 19.7 Å². The number of hydrogen-bond acceptors (Lipinski definition) is 4. The molecule has 0 aromatic rings. The fourth-order valence-electron chi connectivity index (χ4n) is 3.35. The van der Waals surface area contributed by atoms with Gasteiger partial charge in [-0.15, -0.1) is 0 Å². The lowest BCUT2D eigenvalue weighted by Gasteiger charge is -2.59. The standard InChI is InChI=1S/C16H27NO4/c1-6-20-13(18)11(2)12-7-16(8-12)9-17(10-16)14(19)21-15(3,4)5/h11-12H,6-10H2,1-5H3. The summed E-state index contributed by atoms with van der Waals surface area (Å²) in [5.41, 5.74) is -0.220. The molecule has 0 N–H and O–H groups in total. The highest BCUT2D eigenvalue weighted by atomic mass is 16.6. The van der Waals surface area contributed by atoms with Crippen LogP contribution in [0.2, 0.25) is 0 Å². The highest BCUT2D eigenvalue weighted by Gasteiger charge is 2.56. The van der Waals surface area contributed by atoms with E-state index in [1.54, 1.807) is 4.90 Å². The molecule has 21 heavy (non-hydrogen) atoms. The summed E-state index contributed by atoms with van der Waals surface area (Å²) in [7, 11) is 0. The van der Waals surface area contributed by atoms with E-state index >= 15 is 0 Å². The third kappa shape index (κ3) is 3.50. The van der Waals surface area contributed by atoms with Gasteiger partial charge in [-0.05, 0) is 46.5 Å². The van der Waals surface area contributed by atoms with Gasteiger partial charge in [0, 0.05) is 18.5 Å². The minimum absolute atomic E-state index is 0.0360. The number of carbonyl (C=O) groups is 2. The first-order valence-electron chi connectivity index (χ1n) is 7.80. The van der Waals surface area contributed by atoms with Crippen LogP contribution in [-0.2, 0) is 14.3 Å². The monoisotopic (exact) mass is 297 g/mol. The average molecular weight is 297 g/mol. The van der Waals surface area contributed by atoms with E-state index in [0.717, 1.165) is 25.9 Å². The van der Waals surface area contributed by atoms with E-state index < -0.39 is 5.60 Å². The third-order valence-corrected chi connectivity index (χ3v) is 4.46. The summed E-state index contributed by atoms with van der Waals surface area (Å²) < 4.78 is 10.4. The number of esters is 1. The normalized spacial score (nSPS) is 22.2. The van der Waals surface area contributed by atoms with Gasteiger partial charge in [0.1, 0.15) is 5.60 Å². The van der Waals surface area contributed by atoms with Gasteiger partial charge in [-0.2, -0.15) is 0 Å². The molecule has 1 saturated heterocycles. The van der Waals surface area contributed by atoms with Crippen LogP contribution in [0.3, 0.4) is 0 Å². The van der Waals surface area contributed by atoms with Gasteiger partial charge < -0.3 is 14.4 Å². The third-order valence-electron chi connectivity index (χ3n) is 4.46. The number of hydrogen-bond donors (Lipinski definition) is 0. The Morgan fingerprint density at radius 1 is 1.29 bits per heavy atom. The van der Waals surface area contributed by atoms with Crippen LogP contribution in [0.4, 0.5) is 4.79 Å². The molecule has 1 aliphatic heterocycles. The summed E-state index contributed by atoms with van der Waals surface area (Å²) in [6.07, 6.45) is 1.79. The van der Waals surface area contributed by atoms with Crippen molar-refractivity contribution in [2.24, 2.45) is 17.3 Å². The fraction of sp³-hybridized carbons (Fsp3) is 0.875. The van der Waals surface area contributed by atoms with E-state index in [4.69, 9.17) is 9.47 Å². The van der Waals surface area contributed by atoms with Gasteiger partial charge in [-0.3, -0.25) is 4.79 Å². The second-order valence-electron chi connectivity index (χ2n) is 7.55. The van der Waals surface area contributed by atoms with Crippen molar-refractivity contribution in [3.05, 3.63) is 0 Å². The first kappa shape index (κ1) is 16.1. The molecule has 1 saturated carbocycles. The van der Waals surface area contributed by atoms with E-state index in [0.29, 0.717) is 12.5 Å². The Balaban J connectivity index is 1.74. The molecule has 0 bridgehead atoms. The Labute approximate surface area is 127 Å². The number of rotatable bonds is 3. The second-order valence-corrected chi connectivity index (χ2v) is 7.55. The summed E-state index contributed by atoms with van der Waals surface area (Å²) in [6.45, 7) is 11.4. The van der Waals surface area contributed by atoms with Gasteiger partial charge in [0.25, 0.3) is 0 Å². The highest BCUT2D eigenvalue weighted by molar-refractivity contribution is 5.73. The largest absolute Gasteiger partial charge is 0.466 e. The lowest BCUT2D eigenvalue weighted by atomic mass is 9.55. The molecule has 1 aliphatic carbocycles. The summed E-state index contributed by atoms with van der Waals surface area (Å²) in [5.74, 6) is 0.261. The first-order valence-corrected chi connectivity index (χ1v) is 7.80. The first-order chi connectivity index (χ1) is 9.66. The van der Waals surface area contributed by atoms with Crippen molar-refractivity contribution in [1.29, 1.82) is 0 Å². The lowest BCUT2D eigenvalue weighted by Crippen LogP contribution is -2.65. The number of likely N-dealkylation sites (tertiary alicyclic amines) is 1. The molecule has 0 aromatic heterocycles. The van der Waals surface area contributed by atoms with E-state index in [1.165, 1.54) is 0 Å². The molecular weight excluding hydrogens is 270 g/mol. The van der Waals surface area contributed by atoms with Crippen LogP contribution >= 0.6 is 0 Å². The zero-order chi connectivity index (χ0) is 15.8. The number of ether oxygens (including phenoxy) is 2. The Hall–Kier alpha value is -1.26. The van der Waals surface area contributed by atoms with E-state index in [1.807, 2.05) is 34.6 Å². The summed E-state index contributed by atoms with van der Waals surface area (Å²) in [6, 6.07) is 0. The van der Waals surface area contributed by atoms with Crippen molar-refractivity contribution in [3.8, 4) is 0 Å². The van der Waals surface area contributed by atoms with Crippen molar-refractivity contribution >= 4 is 12.1 Å². The topological polar surface area (TPSA) is 55.8 Å². The van der Waals surface area contributed by atoms with E-state index in [9.17, 15) is 9.59 Å². The van der Waals surface area contributed by atoms with Crippen molar-refractivity contribution in [2.45, 2.75) is 53.1 Å². The van der Waals surface area contributed by atoms with E-state index in [-0.39, 0.29) is 23.4 Å². The Morgan fingerprint density at radius 3 is 2.33 bits per heavy atom. The molecule has 0 aromatic carbocycles. The minimum Gasteiger partial charge on any atom is -0.466 e. The van der Waals surface area contributed by atoms with Crippen LogP contribution < -0.4 is 0 Å². The molecule has 2 aliphatic rings. The predicted molar refractivity (Wildman–Crippen MR) is 78.8 cm³/mol. The van der Waals surface area contributed by atoms with Crippen molar-refractivity contribution < 1.29 is 19.1 Å². The van der Waals surface area contributed by atoms with Crippen LogP contribution in [0.1, 0.15) is 47.5 Å². The molecule has 2 rings (SSSR count). The molecule has 1 atom stereocenters. The zero-order valence-corrected chi connectivity index (χ0v) is 13.8. The minimum atomic E-state index is -0.444. The van der Waals surface area contributed by atoms with Gasteiger partial charge in [0.2, 0.25) is 0 Å². The quantitative estimate of drug-likeness (QED) is 0.752. The van der Waals surface area contributed by atoms with Crippen LogP contribution in [0.5, 0.6) is 0 Å². The Bertz CT molecular complexity index is 412. The highest BCUT2D eigenvalue weighted by Crippen LogP contribution is 2.54. The number of amides is 1. The summed E-state index contributed by atoms with van der Waals surface area (Å²) in [4.78, 5) is 25.4. The maximum Gasteiger partial charge on any atom is 0.410 e. The Morgan fingerprint density at radius 2 is 1.86 bits per heavy atom. The van der Waals surface area contributed by atoms with Crippen LogP contribution in [0, 0.1) is 17.3 Å². The van der Waals surface area contributed by atoms with Gasteiger partial charge in [0.05, 0.1) is 12.5 Å². The lowest BCUT2D eigenvalue weighted by molar-refractivity contribution is -0.158. The fourth-order valence-corrected chi connectivity index (χ4v) is 3.35. The molecule has 0 radical (unpaired) electrons. The number of nitrogens with zero attached hydrogens (tertiary/aromatic N) is 1.